The molecule has 9 nitrogen and oxygen atoms in total. The second-order valence-electron chi connectivity index (χ2n) is 8.32. The zero-order valence-electron chi connectivity index (χ0n) is 19.1. The first-order chi connectivity index (χ1) is 16.9. The van der Waals surface area contributed by atoms with Gasteiger partial charge >= 0.3 is 17.7 Å². The van der Waals surface area contributed by atoms with Crippen molar-refractivity contribution in [2.24, 2.45) is 5.92 Å². The van der Waals surface area contributed by atoms with Crippen LogP contribution in [0.3, 0.4) is 0 Å². The van der Waals surface area contributed by atoms with Gasteiger partial charge in [-0.2, -0.15) is 4.68 Å². The number of benzene rings is 2. The van der Waals surface area contributed by atoms with Gasteiger partial charge in [-0.05, 0) is 60.7 Å². The summed E-state index contributed by atoms with van der Waals surface area (Å²) in [5, 5.41) is 8.00. The Balaban J connectivity index is 1.40. The summed E-state index contributed by atoms with van der Waals surface area (Å²) < 4.78 is 7.10. The minimum atomic E-state index is -0.762. The van der Waals surface area contributed by atoms with Crippen LogP contribution in [0.4, 0.5) is 4.79 Å². The van der Waals surface area contributed by atoms with E-state index in [2.05, 4.69) is 10.4 Å². The van der Waals surface area contributed by atoms with E-state index >= 15 is 0 Å². The smallest absolute Gasteiger partial charge is 0.377 e. The van der Waals surface area contributed by atoms with E-state index in [-0.39, 0.29) is 40.3 Å². The van der Waals surface area contributed by atoms with E-state index in [1.807, 2.05) is 37.3 Å². The van der Waals surface area contributed by atoms with Crippen LogP contribution in [-0.4, -0.2) is 49.3 Å². The van der Waals surface area contributed by atoms with Crippen LogP contribution in [0, 0.1) is 5.92 Å². The van der Waals surface area contributed by atoms with Crippen molar-refractivity contribution >= 4 is 35.2 Å². The fourth-order valence-electron chi connectivity index (χ4n) is 4.34. The fraction of sp³-hybridized carbons (Fsp3) is 0.375. The minimum Gasteiger partial charge on any atom is -0.461 e. The standard InChI is InChI=1S/C24H25Cl2N5O4/c1-2-29(18-13-11-17(12-14-18)22(32)35-15-16-7-4-3-5-8-16)23(33)31-24(34)30(27-28-31)21-19(25)9-6-10-20(21)26/h3-10,17-18H,2,11-15H2,1H3. The molecule has 1 fully saturated rings. The quantitative estimate of drug-likeness (QED) is 0.356. The molecule has 2 aromatic carbocycles. The number of para-hydroxylation sites is 1. The van der Waals surface area contributed by atoms with E-state index in [4.69, 9.17) is 27.9 Å². The summed E-state index contributed by atoms with van der Waals surface area (Å²) in [7, 11) is 0. The Morgan fingerprint density at radius 2 is 1.66 bits per heavy atom. The number of esters is 1. The zero-order chi connectivity index (χ0) is 24.9. The minimum absolute atomic E-state index is 0.133. The Morgan fingerprint density at radius 3 is 2.29 bits per heavy atom. The molecular formula is C24H25Cl2N5O4. The van der Waals surface area contributed by atoms with Crippen LogP contribution in [0.25, 0.3) is 5.69 Å². The first kappa shape index (κ1) is 24.9. The first-order valence-corrected chi connectivity index (χ1v) is 12.2. The molecule has 0 bridgehead atoms. The van der Waals surface area contributed by atoms with Crippen molar-refractivity contribution in [3.8, 4) is 5.69 Å². The lowest BCUT2D eigenvalue weighted by molar-refractivity contribution is -0.151. The number of carbonyl (C=O) groups excluding carboxylic acids is 2. The summed E-state index contributed by atoms with van der Waals surface area (Å²) in [5.41, 5.74) is 0.341. The maximum Gasteiger partial charge on any atom is 0.377 e. The van der Waals surface area contributed by atoms with E-state index < -0.39 is 11.7 Å². The normalized spacial score (nSPS) is 17.7. The van der Waals surface area contributed by atoms with Crippen molar-refractivity contribution < 1.29 is 14.3 Å². The number of nitrogens with zero attached hydrogens (tertiary/aromatic N) is 5. The van der Waals surface area contributed by atoms with Crippen LogP contribution in [0.2, 0.25) is 10.0 Å². The van der Waals surface area contributed by atoms with Gasteiger partial charge in [0.2, 0.25) is 0 Å². The van der Waals surface area contributed by atoms with E-state index in [1.54, 1.807) is 23.1 Å². The molecule has 1 aliphatic rings. The van der Waals surface area contributed by atoms with Gasteiger partial charge in [-0.3, -0.25) is 4.79 Å². The van der Waals surface area contributed by atoms with Crippen LogP contribution in [0.1, 0.15) is 38.2 Å². The lowest BCUT2D eigenvalue weighted by atomic mass is 9.85. The molecule has 1 aromatic heterocycles. The average molecular weight is 518 g/mol. The molecule has 0 atom stereocenters. The lowest BCUT2D eigenvalue weighted by Gasteiger charge is -2.35. The van der Waals surface area contributed by atoms with E-state index in [1.165, 1.54) is 0 Å². The summed E-state index contributed by atoms with van der Waals surface area (Å²) in [6.45, 7) is 2.45. The number of hydrogen-bond acceptors (Lipinski definition) is 6. The molecule has 3 aromatic rings. The van der Waals surface area contributed by atoms with E-state index in [0.717, 1.165) is 10.2 Å². The van der Waals surface area contributed by atoms with Crippen molar-refractivity contribution in [2.45, 2.75) is 45.3 Å². The average Bonchev–Trinajstić information content (AvgIpc) is 3.24. The highest BCUT2D eigenvalue weighted by atomic mass is 35.5. The number of ether oxygens (including phenoxy) is 1. The highest BCUT2D eigenvalue weighted by Gasteiger charge is 2.33. The molecule has 1 amide bonds. The molecule has 0 saturated heterocycles. The molecule has 0 aliphatic heterocycles. The van der Waals surface area contributed by atoms with Crippen molar-refractivity contribution in [1.29, 1.82) is 0 Å². The van der Waals surface area contributed by atoms with Gasteiger partial charge in [-0.1, -0.05) is 59.6 Å². The van der Waals surface area contributed by atoms with Crippen molar-refractivity contribution in [2.75, 3.05) is 6.54 Å². The van der Waals surface area contributed by atoms with Gasteiger partial charge in [0, 0.05) is 12.6 Å². The second-order valence-corrected chi connectivity index (χ2v) is 9.14. The predicted octanol–water partition coefficient (Wildman–Crippen LogP) is 4.33. The molecule has 0 radical (unpaired) electrons. The van der Waals surface area contributed by atoms with Crippen LogP contribution in [0.5, 0.6) is 0 Å². The molecule has 4 rings (SSSR count). The first-order valence-electron chi connectivity index (χ1n) is 11.4. The molecule has 0 spiro atoms. The van der Waals surface area contributed by atoms with E-state index in [9.17, 15) is 14.4 Å². The third-order valence-electron chi connectivity index (χ3n) is 6.19. The molecular weight excluding hydrogens is 493 g/mol. The Hall–Kier alpha value is -3.17. The zero-order valence-corrected chi connectivity index (χ0v) is 20.7. The van der Waals surface area contributed by atoms with Crippen LogP contribution >= 0.6 is 23.2 Å². The van der Waals surface area contributed by atoms with Gasteiger partial charge in [-0.15, -0.1) is 4.68 Å². The Bertz CT molecular complexity index is 1230. The number of amides is 1. The summed E-state index contributed by atoms with van der Waals surface area (Å²) >= 11 is 12.4. The summed E-state index contributed by atoms with van der Waals surface area (Å²) in [6, 6.07) is 13.6. The predicted molar refractivity (Wildman–Crippen MR) is 131 cm³/mol. The molecule has 11 heteroatoms. The van der Waals surface area contributed by atoms with Crippen LogP contribution in [-0.2, 0) is 16.1 Å². The number of aromatic nitrogens is 4. The number of hydrogen-bond donors (Lipinski definition) is 0. The molecule has 35 heavy (non-hydrogen) atoms. The van der Waals surface area contributed by atoms with Crippen LogP contribution in [0.15, 0.2) is 53.3 Å². The van der Waals surface area contributed by atoms with Gasteiger partial charge in [-0.25, -0.2) is 9.59 Å². The van der Waals surface area contributed by atoms with Crippen LogP contribution < -0.4 is 5.69 Å². The number of halogens is 2. The monoisotopic (exact) mass is 517 g/mol. The fourth-order valence-corrected chi connectivity index (χ4v) is 4.90. The van der Waals surface area contributed by atoms with Gasteiger partial charge in [0.05, 0.1) is 16.0 Å². The van der Waals surface area contributed by atoms with Crippen molar-refractivity contribution in [3.05, 3.63) is 74.6 Å². The highest BCUT2D eigenvalue weighted by Crippen LogP contribution is 2.29. The molecule has 0 N–H and O–H groups in total. The topological polar surface area (TPSA) is 99.3 Å². The maximum absolute atomic E-state index is 13.2. The van der Waals surface area contributed by atoms with Gasteiger partial charge in [0.25, 0.3) is 0 Å². The van der Waals surface area contributed by atoms with Gasteiger partial charge < -0.3 is 9.64 Å². The summed E-state index contributed by atoms with van der Waals surface area (Å²) in [6.07, 6.45) is 2.42. The third-order valence-corrected chi connectivity index (χ3v) is 6.80. The number of carbonyl (C=O) groups is 2. The largest absolute Gasteiger partial charge is 0.461 e. The van der Waals surface area contributed by atoms with Gasteiger partial charge in [0.1, 0.15) is 12.3 Å². The molecule has 0 unspecified atom stereocenters. The summed E-state index contributed by atoms with van der Waals surface area (Å²) in [4.78, 5) is 40.2. The Labute approximate surface area is 212 Å². The highest BCUT2D eigenvalue weighted by molar-refractivity contribution is 6.37. The maximum atomic E-state index is 13.2. The molecule has 1 heterocycles. The number of rotatable bonds is 6. The van der Waals surface area contributed by atoms with Gasteiger partial charge in [0.15, 0.2) is 0 Å². The SMILES string of the molecule is CCN(C(=O)n1nnn(-c2c(Cl)cccc2Cl)c1=O)C1CCC(C(=O)OCc2ccccc2)CC1. The molecule has 184 valence electrons. The van der Waals surface area contributed by atoms with Crippen molar-refractivity contribution in [1.82, 2.24) is 24.7 Å². The lowest BCUT2D eigenvalue weighted by Crippen LogP contribution is -2.47. The van der Waals surface area contributed by atoms with E-state index in [0.29, 0.717) is 36.9 Å². The number of tetrazole rings is 1. The summed E-state index contributed by atoms with van der Waals surface area (Å²) in [5.74, 6) is -0.438. The molecule has 1 aliphatic carbocycles. The Morgan fingerprint density at radius 1 is 1.00 bits per heavy atom. The Kier molecular flexibility index (Phi) is 7.87. The second kappa shape index (κ2) is 11.0. The molecule has 1 saturated carbocycles. The third kappa shape index (κ3) is 5.41. The van der Waals surface area contributed by atoms with Crippen molar-refractivity contribution in [3.63, 3.8) is 0 Å².